The average Bonchev–Trinajstić information content (AvgIpc) is 2.94. The topological polar surface area (TPSA) is 75.6 Å². The second kappa shape index (κ2) is 8.96. The number of hydrogen-bond acceptors (Lipinski definition) is 4. The van der Waals surface area contributed by atoms with Crippen LogP contribution < -0.4 is 5.32 Å². The number of hydrogen-bond donors (Lipinski definition) is 2. The van der Waals surface area contributed by atoms with E-state index in [2.05, 4.69) is 52.1 Å². The summed E-state index contributed by atoms with van der Waals surface area (Å²) in [4.78, 5) is 27.6. The number of amides is 1. The van der Waals surface area contributed by atoms with Crippen LogP contribution in [-0.4, -0.2) is 42.2 Å². The molecule has 2 aliphatic carbocycles. The monoisotopic (exact) mass is 417 g/mol. The Hall–Kier alpha value is -1.46. The van der Waals surface area contributed by atoms with Crippen molar-refractivity contribution in [1.82, 2.24) is 5.32 Å². The normalized spacial score (nSPS) is 41.9. The molecule has 2 N–H and O–H groups in total. The highest BCUT2D eigenvalue weighted by Crippen LogP contribution is 2.55. The molecule has 5 heteroatoms. The minimum absolute atomic E-state index is 0.0210. The molecule has 1 aliphatic heterocycles. The number of carbonyl (C=O) groups excluding carboxylic acids is 2. The molecule has 0 saturated carbocycles. The lowest BCUT2D eigenvalue weighted by molar-refractivity contribution is -0.148. The van der Waals surface area contributed by atoms with E-state index < -0.39 is 17.6 Å². The molecular weight excluding hydrogens is 378 g/mol. The summed E-state index contributed by atoms with van der Waals surface area (Å²) >= 11 is 0. The van der Waals surface area contributed by atoms with Gasteiger partial charge in [0.05, 0.1) is 12.2 Å². The molecule has 3 rings (SSSR count). The lowest BCUT2D eigenvalue weighted by Gasteiger charge is -2.45. The van der Waals surface area contributed by atoms with Gasteiger partial charge in [-0.3, -0.25) is 9.59 Å². The summed E-state index contributed by atoms with van der Waals surface area (Å²) in [6.07, 6.45) is 6.21. The lowest BCUT2D eigenvalue weighted by atomic mass is 9.54. The van der Waals surface area contributed by atoms with E-state index in [-0.39, 0.29) is 41.9 Å². The minimum Gasteiger partial charge on any atom is -0.390 e. The van der Waals surface area contributed by atoms with Gasteiger partial charge in [0.2, 0.25) is 5.91 Å². The molecule has 0 aromatic carbocycles. The smallest absolute Gasteiger partial charge is 0.235 e. The van der Waals surface area contributed by atoms with Gasteiger partial charge in [-0.05, 0) is 51.4 Å². The Morgan fingerprint density at radius 2 is 1.97 bits per heavy atom. The van der Waals surface area contributed by atoms with E-state index >= 15 is 0 Å². The van der Waals surface area contributed by atoms with Gasteiger partial charge in [0.25, 0.3) is 0 Å². The number of Topliss-reactive ketones (excluding diaryl/α,β-unsaturated/α-hetero) is 1. The van der Waals surface area contributed by atoms with Crippen LogP contribution in [0.5, 0.6) is 0 Å². The third-order valence-corrected chi connectivity index (χ3v) is 7.72. The number of aliphatic hydroxyl groups is 1. The second-order valence-corrected chi connectivity index (χ2v) is 10.2. The van der Waals surface area contributed by atoms with Gasteiger partial charge in [-0.25, -0.2) is 0 Å². The summed E-state index contributed by atoms with van der Waals surface area (Å²) in [5, 5.41) is 13.9. The predicted octanol–water partition coefficient (Wildman–Crippen LogP) is 3.81. The second-order valence-electron chi connectivity index (χ2n) is 10.2. The molecule has 0 aromatic heterocycles. The number of ketones is 1. The molecule has 0 bridgehead atoms. The van der Waals surface area contributed by atoms with Gasteiger partial charge < -0.3 is 15.2 Å². The molecule has 3 aliphatic rings. The standard InChI is InChI=1S/C25H39NO4/c1-14(2)10-19-23-17(5)16(4)12-18-11-15(3)8-7-9-20(27)21(30-6)13-22(28)25(18,23)24(29)26-19/h11-12,14,17-21,23,27H,7-10,13H2,1-6H3,(H,26,29)/b15-11+/t17-,18-,19-,20+,21-,23+,25+/m1/s1. The largest absolute Gasteiger partial charge is 0.390 e. The number of nitrogens with one attached hydrogen (secondary N) is 1. The maximum absolute atomic E-state index is 14.0. The molecule has 30 heavy (non-hydrogen) atoms. The van der Waals surface area contributed by atoms with Crippen molar-refractivity contribution in [2.24, 2.45) is 29.1 Å². The first-order chi connectivity index (χ1) is 14.1. The SMILES string of the molecule is CO[C@@H]1CC(=O)[C@]23C(=O)N[C@H](CC(C)C)[C@@H]2[C@H](C)C(C)=C[C@H]3/C=C(\C)CCC[C@@H]1O. The zero-order valence-corrected chi connectivity index (χ0v) is 19.4. The summed E-state index contributed by atoms with van der Waals surface area (Å²) < 4.78 is 5.54. The van der Waals surface area contributed by atoms with E-state index in [0.717, 1.165) is 19.3 Å². The van der Waals surface area contributed by atoms with Crippen molar-refractivity contribution in [3.05, 3.63) is 23.3 Å². The van der Waals surface area contributed by atoms with E-state index in [4.69, 9.17) is 4.74 Å². The number of carbonyl (C=O) groups is 2. The van der Waals surface area contributed by atoms with Crippen LogP contribution in [0.2, 0.25) is 0 Å². The Bertz CT molecular complexity index is 739. The summed E-state index contributed by atoms with van der Waals surface area (Å²) in [6, 6.07) is -0.0210. The summed E-state index contributed by atoms with van der Waals surface area (Å²) in [7, 11) is 1.54. The van der Waals surface area contributed by atoms with E-state index in [9.17, 15) is 14.7 Å². The molecule has 1 saturated heterocycles. The van der Waals surface area contributed by atoms with Gasteiger partial charge in [0.15, 0.2) is 5.78 Å². The van der Waals surface area contributed by atoms with Gasteiger partial charge in [-0.2, -0.15) is 0 Å². The van der Waals surface area contributed by atoms with Gasteiger partial charge in [-0.15, -0.1) is 0 Å². The molecule has 1 amide bonds. The molecule has 1 fully saturated rings. The van der Waals surface area contributed by atoms with Crippen molar-refractivity contribution in [3.8, 4) is 0 Å². The highest BCUT2D eigenvalue weighted by atomic mass is 16.5. The van der Waals surface area contributed by atoms with Crippen molar-refractivity contribution >= 4 is 11.7 Å². The van der Waals surface area contributed by atoms with Crippen molar-refractivity contribution in [2.45, 2.75) is 85.0 Å². The molecule has 168 valence electrons. The summed E-state index contributed by atoms with van der Waals surface area (Å²) in [5.41, 5.74) is 1.30. The Balaban J connectivity index is 2.18. The molecule has 7 atom stereocenters. The van der Waals surface area contributed by atoms with Crippen LogP contribution in [0.3, 0.4) is 0 Å². The molecule has 0 aromatic rings. The first kappa shape index (κ1) is 23.2. The van der Waals surface area contributed by atoms with Crippen molar-refractivity contribution < 1.29 is 19.4 Å². The molecule has 1 spiro atoms. The van der Waals surface area contributed by atoms with Crippen LogP contribution in [0.1, 0.15) is 66.7 Å². The quantitative estimate of drug-likeness (QED) is 0.541. The molecule has 5 nitrogen and oxygen atoms in total. The van der Waals surface area contributed by atoms with Crippen LogP contribution in [0.25, 0.3) is 0 Å². The van der Waals surface area contributed by atoms with Crippen molar-refractivity contribution in [3.63, 3.8) is 0 Å². The van der Waals surface area contributed by atoms with Gasteiger partial charge >= 0.3 is 0 Å². The maximum atomic E-state index is 14.0. The van der Waals surface area contributed by atoms with Crippen LogP contribution in [0.4, 0.5) is 0 Å². The zero-order chi connectivity index (χ0) is 22.2. The number of allylic oxidation sites excluding steroid dienone is 4. The zero-order valence-electron chi connectivity index (χ0n) is 19.4. The Kier molecular flexibility index (Phi) is 6.93. The summed E-state index contributed by atoms with van der Waals surface area (Å²) in [5.74, 6) is -0.0146. The van der Waals surface area contributed by atoms with Gasteiger partial charge in [0.1, 0.15) is 5.41 Å². The van der Waals surface area contributed by atoms with Gasteiger partial charge in [-0.1, -0.05) is 44.1 Å². The minimum atomic E-state index is -1.12. The lowest BCUT2D eigenvalue weighted by Crippen LogP contribution is -2.53. The van der Waals surface area contributed by atoms with Crippen LogP contribution in [0.15, 0.2) is 23.3 Å². The fraction of sp³-hybridized carbons (Fsp3) is 0.760. The van der Waals surface area contributed by atoms with E-state index in [1.165, 1.54) is 11.1 Å². The highest BCUT2D eigenvalue weighted by Gasteiger charge is 2.65. The summed E-state index contributed by atoms with van der Waals surface area (Å²) in [6.45, 7) is 10.7. The van der Waals surface area contributed by atoms with Crippen molar-refractivity contribution in [1.29, 1.82) is 0 Å². The average molecular weight is 418 g/mol. The van der Waals surface area contributed by atoms with Gasteiger partial charge in [0, 0.05) is 31.4 Å². The fourth-order valence-corrected chi connectivity index (χ4v) is 6.10. The molecular formula is C25H39NO4. The maximum Gasteiger partial charge on any atom is 0.235 e. The van der Waals surface area contributed by atoms with Crippen LogP contribution >= 0.6 is 0 Å². The fourth-order valence-electron chi connectivity index (χ4n) is 6.10. The molecule has 0 unspecified atom stereocenters. The van der Waals surface area contributed by atoms with Crippen LogP contribution in [-0.2, 0) is 14.3 Å². The van der Waals surface area contributed by atoms with E-state index in [0.29, 0.717) is 12.3 Å². The number of methoxy groups -OCH3 is 1. The third-order valence-electron chi connectivity index (χ3n) is 7.72. The Labute approximate surface area is 181 Å². The number of aliphatic hydroxyl groups excluding tert-OH is 1. The Morgan fingerprint density at radius 1 is 1.27 bits per heavy atom. The highest BCUT2D eigenvalue weighted by molar-refractivity contribution is 6.09. The van der Waals surface area contributed by atoms with E-state index in [1.54, 1.807) is 7.11 Å². The predicted molar refractivity (Wildman–Crippen MR) is 118 cm³/mol. The number of rotatable bonds is 3. The third kappa shape index (κ3) is 3.91. The molecule has 1 heterocycles. The Morgan fingerprint density at radius 3 is 2.60 bits per heavy atom. The number of ether oxygens (including phenoxy) is 1. The first-order valence-electron chi connectivity index (χ1n) is 11.5. The van der Waals surface area contributed by atoms with Crippen molar-refractivity contribution in [2.75, 3.05) is 7.11 Å². The van der Waals surface area contributed by atoms with Crippen LogP contribution in [0, 0.1) is 29.1 Å². The molecule has 0 radical (unpaired) electrons. The van der Waals surface area contributed by atoms with E-state index in [1.807, 2.05) is 0 Å². The first-order valence-corrected chi connectivity index (χ1v) is 11.5.